The summed E-state index contributed by atoms with van der Waals surface area (Å²) in [5.41, 5.74) is 2.51. The van der Waals surface area contributed by atoms with Crippen LogP contribution in [0.1, 0.15) is 12.4 Å². The molecule has 0 spiro atoms. The Hall–Kier alpha value is -3.90. The van der Waals surface area contributed by atoms with Crippen LogP contribution in [0, 0.1) is 11.3 Å². The van der Waals surface area contributed by atoms with Crippen LogP contribution in [0.4, 0.5) is 0 Å². The van der Waals surface area contributed by atoms with Crippen molar-refractivity contribution in [2.45, 2.75) is 0 Å². The second-order valence-corrected chi connectivity index (χ2v) is 5.98. The van der Waals surface area contributed by atoms with Gasteiger partial charge in [-0.25, -0.2) is 0 Å². The number of hydrogen-bond acceptors (Lipinski definition) is 3. The zero-order valence-electron chi connectivity index (χ0n) is 19.0. The van der Waals surface area contributed by atoms with Gasteiger partial charge in [-0.15, -0.1) is 0 Å². The molecule has 5 aromatic rings. The van der Waals surface area contributed by atoms with Crippen molar-refractivity contribution < 1.29 is 11.3 Å². The second-order valence-electron chi connectivity index (χ2n) is 5.98. The van der Waals surface area contributed by atoms with Gasteiger partial charge in [0.05, 0.1) is 18.5 Å². The largest absolute Gasteiger partial charge is 0.453 e. The van der Waals surface area contributed by atoms with Crippen LogP contribution in [0.5, 0.6) is 0 Å². The quantitative estimate of drug-likeness (QED) is 0.381. The summed E-state index contributed by atoms with van der Waals surface area (Å²) in [6.45, 7) is 0. The first-order chi connectivity index (χ1) is 15.4. The van der Waals surface area contributed by atoms with Gasteiger partial charge in [0, 0.05) is 28.1 Å². The Kier molecular flexibility index (Phi) is 2.48. The molecule has 0 atom stereocenters. The highest BCUT2D eigenvalue weighted by atomic mass is 16.3. The minimum atomic E-state index is -0.491. The Morgan fingerprint density at radius 1 is 0.852 bits per heavy atom. The number of furan rings is 1. The zero-order valence-corrected chi connectivity index (χ0v) is 14.0. The van der Waals surface area contributed by atoms with Crippen LogP contribution in [-0.2, 0) is 0 Å². The van der Waals surface area contributed by atoms with Gasteiger partial charge in [0.1, 0.15) is 11.3 Å². The molecule has 0 radical (unpaired) electrons. The highest BCUT2D eigenvalue weighted by Crippen LogP contribution is 2.40. The van der Waals surface area contributed by atoms with Crippen molar-refractivity contribution in [2.75, 3.05) is 0 Å². The normalized spacial score (nSPS) is 13.5. The first-order valence-corrected chi connectivity index (χ1v) is 8.31. The van der Waals surface area contributed by atoms with Crippen molar-refractivity contribution in [1.82, 2.24) is 4.98 Å². The molecule has 0 aliphatic rings. The molecule has 0 N–H and O–H groups in total. The fourth-order valence-corrected chi connectivity index (χ4v) is 3.28. The minimum Gasteiger partial charge on any atom is -0.453 e. The standard InChI is InChI=1S/C24H14N2O/c25-15-18-11-12-19-20-13-14-26-22(17-9-5-2-6-10-17)24(20)27-23(19)21(18)16-7-3-1-4-8-16/h1-14H/i1D,3D,4D,7D,8D. The molecular formula is C24H14N2O. The number of benzene rings is 3. The van der Waals surface area contributed by atoms with E-state index in [1.54, 1.807) is 24.4 Å². The first-order valence-electron chi connectivity index (χ1n) is 10.8. The smallest absolute Gasteiger partial charge is 0.161 e. The molecule has 3 aromatic carbocycles. The molecule has 3 heteroatoms. The molecule has 0 unspecified atom stereocenters. The third kappa shape index (κ3) is 2.39. The molecule has 0 saturated carbocycles. The topological polar surface area (TPSA) is 49.8 Å². The van der Waals surface area contributed by atoms with Gasteiger partial charge in [-0.2, -0.15) is 5.26 Å². The van der Waals surface area contributed by atoms with Crippen LogP contribution in [0.25, 0.3) is 44.3 Å². The van der Waals surface area contributed by atoms with Gasteiger partial charge in [0.2, 0.25) is 0 Å². The lowest BCUT2D eigenvalue weighted by atomic mass is 9.97. The predicted molar refractivity (Wildman–Crippen MR) is 107 cm³/mol. The van der Waals surface area contributed by atoms with Gasteiger partial charge in [-0.05, 0) is 23.8 Å². The van der Waals surface area contributed by atoms with E-state index < -0.39 is 18.1 Å². The van der Waals surface area contributed by atoms with E-state index in [1.807, 2.05) is 30.3 Å². The maximum atomic E-state index is 9.76. The van der Waals surface area contributed by atoms with Crippen LogP contribution in [0.2, 0.25) is 0 Å². The van der Waals surface area contributed by atoms with E-state index in [0.29, 0.717) is 16.7 Å². The summed E-state index contributed by atoms with van der Waals surface area (Å²) >= 11 is 0. The van der Waals surface area contributed by atoms with Crippen molar-refractivity contribution in [1.29, 1.82) is 5.26 Å². The van der Waals surface area contributed by atoms with E-state index in [2.05, 4.69) is 11.1 Å². The van der Waals surface area contributed by atoms with Crippen LogP contribution < -0.4 is 0 Å². The third-order valence-corrected chi connectivity index (χ3v) is 4.47. The Morgan fingerprint density at radius 3 is 2.41 bits per heavy atom. The summed E-state index contributed by atoms with van der Waals surface area (Å²) in [5, 5.41) is 11.2. The van der Waals surface area contributed by atoms with E-state index in [9.17, 15) is 5.26 Å². The van der Waals surface area contributed by atoms with E-state index in [1.165, 1.54) is 0 Å². The fraction of sp³-hybridized carbons (Fsp3) is 0. The number of pyridine rings is 1. The minimum absolute atomic E-state index is 0.0635. The van der Waals surface area contributed by atoms with Crippen molar-refractivity contribution in [3.8, 4) is 28.5 Å². The summed E-state index contributed by atoms with van der Waals surface area (Å²) < 4.78 is 47.0. The van der Waals surface area contributed by atoms with Gasteiger partial charge in [-0.1, -0.05) is 60.5 Å². The lowest BCUT2D eigenvalue weighted by molar-refractivity contribution is 0.669. The molecule has 3 nitrogen and oxygen atoms in total. The summed E-state index contributed by atoms with van der Waals surface area (Å²) in [6, 6.07) is 14.5. The average molecular weight is 351 g/mol. The Balaban J connectivity index is 1.95. The zero-order chi connectivity index (χ0) is 22.6. The number of rotatable bonds is 2. The third-order valence-electron chi connectivity index (χ3n) is 4.47. The Bertz CT molecular complexity index is 1560. The lowest BCUT2D eigenvalue weighted by Gasteiger charge is -2.05. The second kappa shape index (κ2) is 6.12. The first kappa shape index (κ1) is 10.9. The number of aromatic nitrogens is 1. The van der Waals surface area contributed by atoms with Gasteiger partial charge in [-0.3, -0.25) is 4.98 Å². The van der Waals surface area contributed by atoms with Gasteiger partial charge in [0.25, 0.3) is 0 Å². The molecule has 0 bridgehead atoms. The Morgan fingerprint density at radius 2 is 1.63 bits per heavy atom. The number of hydrogen-bond donors (Lipinski definition) is 0. The SMILES string of the molecule is [2H]c1c([2H])c([2H])c(-c2c(C#N)ccc3c2oc2c(-c4ccccc4)nccc23)c([2H])c1[2H]. The molecule has 0 fully saturated rings. The van der Waals surface area contributed by atoms with E-state index in [-0.39, 0.29) is 34.4 Å². The highest BCUT2D eigenvalue weighted by Gasteiger charge is 2.18. The lowest BCUT2D eigenvalue weighted by Crippen LogP contribution is -1.85. The molecule has 0 amide bonds. The highest BCUT2D eigenvalue weighted by molar-refractivity contribution is 6.13. The summed E-state index contributed by atoms with van der Waals surface area (Å²) in [5.74, 6) is 0. The van der Waals surface area contributed by atoms with E-state index >= 15 is 0 Å². The van der Waals surface area contributed by atoms with Gasteiger partial charge < -0.3 is 4.42 Å². The Labute approximate surface area is 163 Å². The van der Waals surface area contributed by atoms with Crippen molar-refractivity contribution >= 4 is 21.9 Å². The van der Waals surface area contributed by atoms with E-state index in [4.69, 9.17) is 11.3 Å². The van der Waals surface area contributed by atoms with Crippen molar-refractivity contribution in [2.24, 2.45) is 0 Å². The molecule has 2 heterocycles. The summed E-state index contributed by atoms with van der Waals surface area (Å²) in [6.07, 6.45) is 1.67. The molecule has 2 aromatic heterocycles. The molecule has 0 aliphatic carbocycles. The van der Waals surface area contributed by atoms with Gasteiger partial charge in [0.15, 0.2) is 5.58 Å². The summed E-state index contributed by atoms with van der Waals surface area (Å²) in [7, 11) is 0. The number of nitrogens with zero attached hydrogens (tertiary/aromatic N) is 2. The summed E-state index contributed by atoms with van der Waals surface area (Å²) in [4.78, 5) is 4.47. The van der Waals surface area contributed by atoms with Gasteiger partial charge >= 0.3 is 0 Å². The maximum Gasteiger partial charge on any atom is 0.161 e. The van der Waals surface area contributed by atoms with Crippen LogP contribution >= 0.6 is 0 Å². The van der Waals surface area contributed by atoms with E-state index in [0.717, 1.165) is 10.9 Å². The van der Waals surface area contributed by atoms with Crippen LogP contribution in [-0.4, -0.2) is 4.98 Å². The molecule has 27 heavy (non-hydrogen) atoms. The van der Waals surface area contributed by atoms with Crippen molar-refractivity contribution in [3.05, 3.63) is 90.5 Å². The molecule has 5 rings (SSSR count). The van der Waals surface area contributed by atoms with Crippen molar-refractivity contribution in [3.63, 3.8) is 0 Å². The number of fused-ring (bicyclic) bond motifs is 3. The monoisotopic (exact) mass is 351 g/mol. The maximum absolute atomic E-state index is 9.76. The molecule has 0 aliphatic heterocycles. The number of nitriles is 1. The van der Waals surface area contributed by atoms with Crippen LogP contribution in [0.3, 0.4) is 0 Å². The average Bonchev–Trinajstić information content (AvgIpc) is 3.21. The molecule has 0 saturated heterocycles. The molecular weight excluding hydrogens is 332 g/mol. The van der Waals surface area contributed by atoms with Crippen LogP contribution in [0.15, 0.2) is 89.4 Å². The predicted octanol–water partition coefficient (Wildman–Crippen LogP) is 6.19. The molecule has 126 valence electrons. The fourth-order valence-electron chi connectivity index (χ4n) is 3.28.